The fraction of sp³-hybridized carbons (Fsp3) is 0.462. The van der Waals surface area contributed by atoms with Gasteiger partial charge in [-0.25, -0.2) is 4.79 Å². The maximum absolute atomic E-state index is 12.2. The lowest BCUT2D eigenvalue weighted by Gasteiger charge is -2.44. The van der Waals surface area contributed by atoms with Crippen LogP contribution in [0.4, 0.5) is 0 Å². The van der Waals surface area contributed by atoms with E-state index in [4.69, 9.17) is 4.55 Å². The SMILES string of the molecule is CC(=O)N/C=C/SC1=C(C(=O)O)N2C(=O)[C@@H]([C@H](C)S(=O)(=O)O)[C@H]2C1. The van der Waals surface area contributed by atoms with Gasteiger partial charge >= 0.3 is 5.97 Å². The minimum atomic E-state index is -4.40. The summed E-state index contributed by atoms with van der Waals surface area (Å²) < 4.78 is 31.7. The summed E-state index contributed by atoms with van der Waals surface area (Å²) in [6.45, 7) is 2.54. The standard InChI is InChI=1S/C13H16N2O7S2/c1-6(24(20,21)22)10-8-5-9(23-4-3-14-7(2)16)11(13(18)19)15(8)12(10)17/h3-4,6,8,10H,5H2,1-2H3,(H,14,16)(H,18,19)(H,20,21,22)/b4-3+/t6-,8+,10-/m0/s1. The molecule has 0 saturated carbocycles. The number of β-lactam (4-membered cyclic amide) rings is 1. The predicted molar refractivity (Wildman–Crippen MR) is 85.0 cm³/mol. The number of carboxylic acids is 1. The molecule has 2 rings (SSSR count). The van der Waals surface area contributed by atoms with Crippen molar-refractivity contribution in [2.45, 2.75) is 31.6 Å². The van der Waals surface area contributed by atoms with Gasteiger partial charge in [0, 0.05) is 24.4 Å². The molecule has 132 valence electrons. The normalized spacial score (nSPS) is 24.8. The van der Waals surface area contributed by atoms with Crippen molar-refractivity contribution >= 4 is 39.7 Å². The number of carbonyl (C=O) groups is 3. The van der Waals surface area contributed by atoms with Crippen molar-refractivity contribution in [2.24, 2.45) is 5.92 Å². The number of rotatable bonds is 6. The molecule has 24 heavy (non-hydrogen) atoms. The van der Waals surface area contributed by atoms with E-state index in [1.807, 2.05) is 0 Å². The van der Waals surface area contributed by atoms with Crippen molar-refractivity contribution < 1.29 is 32.5 Å². The second-order valence-electron chi connectivity index (χ2n) is 5.42. The van der Waals surface area contributed by atoms with Gasteiger partial charge in [0.2, 0.25) is 11.8 Å². The van der Waals surface area contributed by atoms with Crippen molar-refractivity contribution in [3.8, 4) is 0 Å². The Hall–Kier alpha value is -1.85. The Balaban J connectivity index is 2.20. The van der Waals surface area contributed by atoms with Crippen molar-refractivity contribution in [1.29, 1.82) is 0 Å². The fourth-order valence-electron chi connectivity index (χ4n) is 2.77. The van der Waals surface area contributed by atoms with E-state index in [9.17, 15) is 27.9 Å². The zero-order chi connectivity index (χ0) is 18.2. The lowest BCUT2D eigenvalue weighted by Crippen LogP contribution is -2.62. The third kappa shape index (κ3) is 3.32. The molecule has 0 radical (unpaired) electrons. The monoisotopic (exact) mass is 376 g/mol. The van der Waals surface area contributed by atoms with Crippen LogP contribution in [-0.2, 0) is 24.5 Å². The van der Waals surface area contributed by atoms with Gasteiger partial charge in [-0.15, -0.1) is 0 Å². The molecule has 11 heteroatoms. The first kappa shape index (κ1) is 18.5. The zero-order valence-electron chi connectivity index (χ0n) is 12.8. The van der Waals surface area contributed by atoms with E-state index in [0.29, 0.717) is 4.91 Å². The summed E-state index contributed by atoms with van der Waals surface area (Å²) in [6, 6.07) is -0.614. The van der Waals surface area contributed by atoms with Crippen LogP contribution in [0.25, 0.3) is 0 Å². The van der Waals surface area contributed by atoms with Gasteiger partial charge in [-0.05, 0) is 12.3 Å². The van der Waals surface area contributed by atoms with E-state index in [2.05, 4.69) is 5.32 Å². The highest BCUT2D eigenvalue weighted by Crippen LogP contribution is 2.48. The summed E-state index contributed by atoms with van der Waals surface area (Å²) in [6.07, 6.45) is 1.52. The van der Waals surface area contributed by atoms with Gasteiger partial charge in [0.15, 0.2) is 0 Å². The number of hydrogen-bond acceptors (Lipinski definition) is 6. The van der Waals surface area contributed by atoms with Gasteiger partial charge in [0.1, 0.15) is 5.70 Å². The Morgan fingerprint density at radius 3 is 2.58 bits per heavy atom. The van der Waals surface area contributed by atoms with E-state index < -0.39 is 39.2 Å². The summed E-state index contributed by atoms with van der Waals surface area (Å²) in [5.74, 6) is -3.19. The largest absolute Gasteiger partial charge is 0.477 e. The highest BCUT2D eigenvalue weighted by Gasteiger charge is 2.58. The molecule has 2 aliphatic rings. The number of carboxylic acid groups (broad SMARTS) is 1. The van der Waals surface area contributed by atoms with Crippen molar-refractivity contribution in [2.75, 3.05) is 0 Å². The Labute approximate surface area is 142 Å². The van der Waals surface area contributed by atoms with Crippen LogP contribution in [0.2, 0.25) is 0 Å². The van der Waals surface area contributed by atoms with E-state index in [1.54, 1.807) is 0 Å². The molecule has 3 atom stereocenters. The van der Waals surface area contributed by atoms with Crippen molar-refractivity contribution in [1.82, 2.24) is 10.2 Å². The molecule has 0 aromatic heterocycles. The zero-order valence-corrected chi connectivity index (χ0v) is 14.4. The van der Waals surface area contributed by atoms with E-state index in [1.165, 1.54) is 25.5 Å². The number of nitrogens with zero attached hydrogens (tertiary/aromatic N) is 1. The topological polar surface area (TPSA) is 141 Å². The molecule has 1 saturated heterocycles. The van der Waals surface area contributed by atoms with E-state index >= 15 is 0 Å². The van der Waals surface area contributed by atoms with Gasteiger partial charge in [-0.3, -0.25) is 14.1 Å². The Morgan fingerprint density at radius 2 is 2.08 bits per heavy atom. The number of nitrogens with one attached hydrogen (secondary N) is 1. The summed E-state index contributed by atoms with van der Waals surface area (Å²) in [5, 5.41) is 11.9. The highest BCUT2D eigenvalue weighted by molar-refractivity contribution is 8.05. The number of carbonyl (C=O) groups excluding carboxylic acids is 2. The van der Waals surface area contributed by atoms with E-state index in [0.717, 1.165) is 16.7 Å². The minimum absolute atomic E-state index is 0.174. The summed E-state index contributed by atoms with van der Waals surface area (Å²) in [7, 11) is -4.40. The molecule has 9 nitrogen and oxygen atoms in total. The first-order valence-electron chi connectivity index (χ1n) is 6.90. The van der Waals surface area contributed by atoms with Gasteiger partial charge in [0.05, 0.1) is 17.2 Å². The molecule has 2 aliphatic heterocycles. The molecule has 2 amide bonds. The lowest BCUT2D eigenvalue weighted by atomic mass is 9.85. The first-order valence-corrected chi connectivity index (χ1v) is 9.28. The molecular weight excluding hydrogens is 360 g/mol. The maximum atomic E-state index is 12.2. The van der Waals surface area contributed by atoms with Crippen LogP contribution in [0.5, 0.6) is 0 Å². The number of aliphatic carboxylic acids is 1. The average Bonchev–Trinajstić information content (AvgIpc) is 2.77. The smallest absolute Gasteiger partial charge is 0.353 e. The maximum Gasteiger partial charge on any atom is 0.353 e. The Bertz CT molecular complexity index is 756. The van der Waals surface area contributed by atoms with Gasteiger partial charge in [-0.1, -0.05) is 11.8 Å². The molecule has 2 heterocycles. The quantitative estimate of drug-likeness (QED) is 0.439. The van der Waals surface area contributed by atoms with Crippen LogP contribution in [0, 0.1) is 5.92 Å². The molecule has 0 aromatic carbocycles. The number of amides is 2. The fourth-order valence-corrected chi connectivity index (χ4v) is 4.31. The van der Waals surface area contributed by atoms with Gasteiger partial charge < -0.3 is 15.3 Å². The molecule has 0 spiro atoms. The molecular formula is C13H16N2O7S2. The van der Waals surface area contributed by atoms with Crippen LogP contribution in [0.1, 0.15) is 20.3 Å². The number of hydrogen-bond donors (Lipinski definition) is 3. The molecule has 3 N–H and O–H groups in total. The van der Waals surface area contributed by atoms with Crippen molar-refractivity contribution in [3.63, 3.8) is 0 Å². The van der Waals surface area contributed by atoms with E-state index in [-0.39, 0.29) is 18.0 Å². The Kier molecular flexibility index (Phi) is 5.06. The third-order valence-electron chi connectivity index (χ3n) is 3.91. The second-order valence-corrected chi connectivity index (χ2v) is 8.20. The molecule has 1 fully saturated rings. The summed E-state index contributed by atoms with van der Waals surface area (Å²) >= 11 is 1.03. The number of thioether (sulfide) groups is 1. The molecule has 0 bridgehead atoms. The molecule has 0 aromatic rings. The Morgan fingerprint density at radius 1 is 1.46 bits per heavy atom. The molecule has 0 aliphatic carbocycles. The summed E-state index contributed by atoms with van der Waals surface area (Å²) in [4.78, 5) is 35.8. The first-order chi connectivity index (χ1) is 11.1. The van der Waals surface area contributed by atoms with Crippen LogP contribution < -0.4 is 5.32 Å². The van der Waals surface area contributed by atoms with Crippen LogP contribution >= 0.6 is 11.8 Å². The van der Waals surface area contributed by atoms with Crippen LogP contribution in [0.3, 0.4) is 0 Å². The number of fused-ring (bicyclic) bond motifs is 1. The minimum Gasteiger partial charge on any atom is -0.477 e. The third-order valence-corrected chi connectivity index (χ3v) is 6.06. The van der Waals surface area contributed by atoms with Crippen LogP contribution in [-0.4, -0.2) is 52.1 Å². The lowest BCUT2D eigenvalue weighted by molar-refractivity contribution is -0.154. The average molecular weight is 376 g/mol. The second kappa shape index (κ2) is 6.57. The van der Waals surface area contributed by atoms with Gasteiger partial charge in [0.25, 0.3) is 10.1 Å². The van der Waals surface area contributed by atoms with Crippen molar-refractivity contribution in [3.05, 3.63) is 22.2 Å². The summed E-state index contributed by atoms with van der Waals surface area (Å²) in [5.41, 5.74) is -0.193. The highest BCUT2D eigenvalue weighted by atomic mass is 32.2. The predicted octanol–water partition coefficient (Wildman–Crippen LogP) is 0.130. The van der Waals surface area contributed by atoms with Gasteiger partial charge in [-0.2, -0.15) is 8.42 Å². The van der Waals surface area contributed by atoms with Crippen LogP contribution in [0.15, 0.2) is 22.2 Å². The molecule has 0 unspecified atom stereocenters.